The average molecular weight is 192 g/mol. The van der Waals surface area contributed by atoms with E-state index >= 15 is 0 Å². The van der Waals surface area contributed by atoms with E-state index in [0.29, 0.717) is 0 Å². The first-order valence-electron chi connectivity index (χ1n) is 4.54. The second-order valence-corrected chi connectivity index (χ2v) is 2.22. The zero-order chi connectivity index (χ0) is 11.1. The van der Waals surface area contributed by atoms with Gasteiger partial charge in [-0.25, -0.2) is 0 Å². The highest BCUT2D eigenvalue weighted by Gasteiger charge is 1.83. The molecular formula is C10H24O3. The van der Waals surface area contributed by atoms with Gasteiger partial charge < -0.3 is 14.9 Å². The fourth-order valence-electron chi connectivity index (χ4n) is 0.204. The molecule has 0 aliphatic carbocycles. The third-order valence-corrected chi connectivity index (χ3v) is 0.672. The number of hydrogen-bond acceptors (Lipinski definition) is 3. The van der Waals surface area contributed by atoms with Crippen LogP contribution in [0.15, 0.2) is 12.7 Å². The molecule has 0 saturated heterocycles. The van der Waals surface area contributed by atoms with Crippen LogP contribution < -0.4 is 0 Å². The number of ether oxygens (including phenoxy) is 1. The molecule has 0 aliphatic rings. The molecule has 0 rings (SSSR count). The van der Waals surface area contributed by atoms with Crippen LogP contribution in [0.1, 0.15) is 27.7 Å². The SMILES string of the molecule is C=CC.CC(O)CO.CCOCC. The normalized spacial score (nSPS) is 10.0. The van der Waals surface area contributed by atoms with E-state index in [1.807, 2.05) is 20.8 Å². The topological polar surface area (TPSA) is 49.7 Å². The fourth-order valence-corrected chi connectivity index (χ4v) is 0.204. The lowest BCUT2D eigenvalue weighted by Crippen LogP contribution is -2.03. The Morgan fingerprint density at radius 3 is 1.62 bits per heavy atom. The maximum absolute atomic E-state index is 8.11. The average Bonchev–Trinajstić information content (AvgIpc) is 2.08. The van der Waals surface area contributed by atoms with E-state index in [1.165, 1.54) is 6.92 Å². The first-order chi connectivity index (χ1) is 6.10. The van der Waals surface area contributed by atoms with Crippen LogP contribution in [0.2, 0.25) is 0 Å². The summed E-state index contributed by atoms with van der Waals surface area (Å²) in [5.41, 5.74) is 0. The van der Waals surface area contributed by atoms with E-state index in [1.54, 1.807) is 6.08 Å². The molecule has 0 aromatic heterocycles. The van der Waals surface area contributed by atoms with Crippen molar-refractivity contribution in [2.75, 3.05) is 19.8 Å². The maximum Gasteiger partial charge on any atom is 0.0742 e. The summed E-state index contributed by atoms with van der Waals surface area (Å²) in [7, 11) is 0. The van der Waals surface area contributed by atoms with Gasteiger partial charge in [-0.3, -0.25) is 0 Å². The van der Waals surface area contributed by atoms with Crippen LogP contribution in [-0.2, 0) is 4.74 Å². The Balaban J connectivity index is -0.000000120. The molecule has 0 saturated carbocycles. The number of hydrogen-bond donors (Lipinski definition) is 2. The Labute approximate surface area is 82.0 Å². The van der Waals surface area contributed by atoms with Crippen LogP contribution in [0.3, 0.4) is 0 Å². The summed E-state index contributed by atoms with van der Waals surface area (Å²) in [4.78, 5) is 0. The van der Waals surface area contributed by atoms with Crippen molar-refractivity contribution in [3.63, 3.8) is 0 Å². The summed E-state index contributed by atoms with van der Waals surface area (Å²) in [5, 5.41) is 16.0. The van der Waals surface area contributed by atoms with E-state index in [-0.39, 0.29) is 6.61 Å². The van der Waals surface area contributed by atoms with E-state index in [4.69, 9.17) is 14.9 Å². The molecule has 0 radical (unpaired) electrons. The molecule has 0 aromatic rings. The van der Waals surface area contributed by atoms with Gasteiger partial charge in [-0.2, -0.15) is 0 Å². The highest BCUT2D eigenvalue weighted by Crippen LogP contribution is 1.68. The van der Waals surface area contributed by atoms with Crippen molar-refractivity contribution < 1.29 is 14.9 Å². The molecule has 3 heteroatoms. The Kier molecular flexibility index (Phi) is 32.0. The molecule has 82 valence electrons. The first-order valence-corrected chi connectivity index (χ1v) is 4.54. The summed E-state index contributed by atoms with van der Waals surface area (Å²) >= 11 is 0. The third-order valence-electron chi connectivity index (χ3n) is 0.672. The van der Waals surface area contributed by atoms with Gasteiger partial charge in [0, 0.05) is 13.2 Å². The van der Waals surface area contributed by atoms with Gasteiger partial charge >= 0.3 is 0 Å². The lowest BCUT2D eigenvalue weighted by molar-refractivity contribution is 0.110. The third kappa shape index (κ3) is 82.1. The van der Waals surface area contributed by atoms with Crippen molar-refractivity contribution in [1.82, 2.24) is 0 Å². The molecule has 3 nitrogen and oxygen atoms in total. The zero-order valence-electron chi connectivity index (χ0n) is 9.29. The molecule has 0 bridgehead atoms. The lowest BCUT2D eigenvalue weighted by Gasteiger charge is -1.90. The highest BCUT2D eigenvalue weighted by atomic mass is 16.5. The predicted octanol–water partition coefficient (Wildman–Crippen LogP) is 1.59. The van der Waals surface area contributed by atoms with Gasteiger partial charge in [0.2, 0.25) is 0 Å². The monoisotopic (exact) mass is 192 g/mol. The van der Waals surface area contributed by atoms with Crippen molar-refractivity contribution >= 4 is 0 Å². The minimum Gasteiger partial charge on any atom is -0.394 e. The molecule has 0 amide bonds. The van der Waals surface area contributed by atoms with Crippen LogP contribution >= 0.6 is 0 Å². The van der Waals surface area contributed by atoms with E-state index < -0.39 is 6.10 Å². The van der Waals surface area contributed by atoms with Gasteiger partial charge in [-0.1, -0.05) is 6.08 Å². The summed E-state index contributed by atoms with van der Waals surface area (Å²) in [5.74, 6) is 0. The number of aliphatic hydroxyl groups is 2. The molecule has 0 fully saturated rings. The maximum atomic E-state index is 8.11. The van der Waals surface area contributed by atoms with E-state index in [9.17, 15) is 0 Å². The van der Waals surface area contributed by atoms with Gasteiger partial charge in [-0.05, 0) is 27.7 Å². The van der Waals surface area contributed by atoms with Gasteiger partial charge in [0.25, 0.3) is 0 Å². The summed E-state index contributed by atoms with van der Waals surface area (Å²) in [6.45, 7) is 12.3. The molecule has 0 spiro atoms. The van der Waals surface area contributed by atoms with Crippen LogP contribution in [-0.4, -0.2) is 36.1 Å². The smallest absolute Gasteiger partial charge is 0.0742 e. The molecule has 0 aliphatic heterocycles. The fraction of sp³-hybridized carbons (Fsp3) is 0.800. The Hall–Kier alpha value is -0.380. The molecule has 13 heavy (non-hydrogen) atoms. The lowest BCUT2D eigenvalue weighted by atomic mass is 10.5. The molecule has 0 heterocycles. The molecule has 2 N–H and O–H groups in total. The summed E-state index contributed by atoms with van der Waals surface area (Å²) < 4.78 is 4.83. The van der Waals surface area contributed by atoms with Crippen LogP contribution in [0.5, 0.6) is 0 Å². The van der Waals surface area contributed by atoms with Gasteiger partial charge in [-0.15, -0.1) is 6.58 Å². The molecule has 1 unspecified atom stereocenters. The highest BCUT2D eigenvalue weighted by molar-refractivity contribution is 4.51. The predicted molar refractivity (Wildman–Crippen MR) is 56.8 cm³/mol. The minimum atomic E-state index is -0.560. The summed E-state index contributed by atoms with van der Waals surface area (Å²) in [6, 6.07) is 0. The van der Waals surface area contributed by atoms with E-state index in [0.717, 1.165) is 13.2 Å². The first kappa shape index (κ1) is 18.4. The molecule has 1 atom stereocenters. The van der Waals surface area contributed by atoms with Crippen LogP contribution in [0.25, 0.3) is 0 Å². The minimum absolute atomic E-state index is 0.139. The van der Waals surface area contributed by atoms with Crippen molar-refractivity contribution in [1.29, 1.82) is 0 Å². The van der Waals surface area contributed by atoms with E-state index in [2.05, 4.69) is 6.58 Å². The summed E-state index contributed by atoms with van der Waals surface area (Å²) in [6.07, 6.45) is 1.19. The number of aliphatic hydroxyl groups excluding tert-OH is 2. The van der Waals surface area contributed by atoms with Crippen LogP contribution in [0.4, 0.5) is 0 Å². The molecule has 0 aromatic carbocycles. The number of rotatable bonds is 3. The second-order valence-electron chi connectivity index (χ2n) is 2.22. The van der Waals surface area contributed by atoms with Crippen molar-refractivity contribution in [3.05, 3.63) is 12.7 Å². The quantitative estimate of drug-likeness (QED) is 0.668. The van der Waals surface area contributed by atoms with Crippen LogP contribution in [0, 0.1) is 0 Å². The molecular weight excluding hydrogens is 168 g/mol. The Morgan fingerprint density at radius 1 is 1.38 bits per heavy atom. The Morgan fingerprint density at radius 2 is 1.62 bits per heavy atom. The second kappa shape index (κ2) is 22.6. The standard InChI is InChI=1S/C4H10O.C3H8O2.C3H6/c1-3-5-4-2;1-3(5)2-4;1-3-2/h3-4H2,1-2H3;3-5H,2H2,1H3;3H,1H2,2H3. The van der Waals surface area contributed by atoms with Gasteiger partial charge in [0.15, 0.2) is 0 Å². The van der Waals surface area contributed by atoms with Gasteiger partial charge in [0.1, 0.15) is 0 Å². The number of allylic oxidation sites excluding steroid dienone is 1. The Bertz CT molecular complexity index is 70.6. The van der Waals surface area contributed by atoms with Crippen molar-refractivity contribution in [3.8, 4) is 0 Å². The largest absolute Gasteiger partial charge is 0.394 e. The zero-order valence-corrected chi connectivity index (χ0v) is 9.29. The van der Waals surface area contributed by atoms with Gasteiger partial charge in [0.05, 0.1) is 12.7 Å². The van der Waals surface area contributed by atoms with Crippen molar-refractivity contribution in [2.45, 2.75) is 33.8 Å². The van der Waals surface area contributed by atoms with Crippen molar-refractivity contribution in [2.24, 2.45) is 0 Å².